The number of hydrogen-bond donors (Lipinski definition) is 2. The average molecular weight is 429 g/mol. The lowest BCUT2D eigenvalue weighted by Gasteiger charge is -2.30. The van der Waals surface area contributed by atoms with Crippen LogP contribution in [0.25, 0.3) is 16.8 Å². The first-order valence-corrected chi connectivity index (χ1v) is 12.2. The van der Waals surface area contributed by atoms with Gasteiger partial charge < -0.3 is 10.6 Å². The van der Waals surface area contributed by atoms with E-state index < -0.39 is 0 Å². The molecule has 5 rings (SSSR count). The number of rotatable bonds is 4. The molecule has 3 aliphatic rings. The lowest BCUT2D eigenvalue weighted by atomic mass is 9.80. The summed E-state index contributed by atoms with van der Waals surface area (Å²) >= 11 is 0. The number of amides is 2. The molecule has 2 N–H and O–H groups in total. The van der Waals surface area contributed by atoms with E-state index in [1.54, 1.807) is 0 Å². The molecule has 32 heavy (non-hydrogen) atoms. The molecule has 4 heteroatoms. The molecule has 3 aliphatic carbocycles. The van der Waals surface area contributed by atoms with Crippen LogP contribution in [0.3, 0.4) is 0 Å². The summed E-state index contributed by atoms with van der Waals surface area (Å²) in [5.41, 5.74) is 2.75. The van der Waals surface area contributed by atoms with E-state index in [4.69, 9.17) is 0 Å². The summed E-state index contributed by atoms with van der Waals surface area (Å²) in [7, 11) is 0. The van der Waals surface area contributed by atoms with Crippen LogP contribution in [0.5, 0.6) is 0 Å². The molecule has 166 valence electrons. The number of carbonyl (C=O) groups excluding carboxylic acids is 2. The topological polar surface area (TPSA) is 58.2 Å². The molecule has 4 nitrogen and oxygen atoms in total. The SMILES string of the molecule is O=C(NC1C=CCCC1)C1=Cc2c(ccc3ccccc23)C(C(=O)NC2CCCCC2)C1. The van der Waals surface area contributed by atoms with Crippen molar-refractivity contribution < 1.29 is 9.59 Å². The Morgan fingerprint density at radius 1 is 0.875 bits per heavy atom. The third kappa shape index (κ3) is 4.36. The fraction of sp³-hybridized carbons (Fsp3) is 0.429. The second-order valence-electron chi connectivity index (χ2n) is 9.50. The van der Waals surface area contributed by atoms with Crippen molar-refractivity contribution in [1.82, 2.24) is 10.6 Å². The van der Waals surface area contributed by atoms with E-state index in [9.17, 15) is 9.59 Å². The first-order chi connectivity index (χ1) is 15.7. The minimum atomic E-state index is -0.329. The van der Waals surface area contributed by atoms with Crippen molar-refractivity contribution in [2.24, 2.45) is 0 Å². The zero-order valence-electron chi connectivity index (χ0n) is 18.6. The van der Waals surface area contributed by atoms with Gasteiger partial charge in [0, 0.05) is 17.7 Å². The normalized spacial score (nSPS) is 23.3. The van der Waals surface area contributed by atoms with Gasteiger partial charge in [0.1, 0.15) is 0 Å². The van der Waals surface area contributed by atoms with Crippen LogP contribution in [-0.2, 0) is 9.59 Å². The summed E-state index contributed by atoms with van der Waals surface area (Å²) in [6.07, 6.45) is 15.6. The van der Waals surface area contributed by atoms with Gasteiger partial charge in [0.2, 0.25) is 11.8 Å². The maximum atomic E-state index is 13.4. The predicted molar refractivity (Wildman–Crippen MR) is 129 cm³/mol. The lowest BCUT2D eigenvalue weighted by Crippen LogP contribution is -2.41. The van der Waals surface area contributed by atoms with Crippen molar-refractivity contribution in [3.8, 4) is 0 Å². The fourth-order valence-corrected chi connectivity index (χ4v) is 5.48. The molecule has 0 heterocycles. The van der Waals surface area contributed by atoms with Crippen LogP contribution in [-0.4, -0.2) is 23.9 Å². The minimum absolute atomic E-state index is 0.0457. The van der Waals surface area contributed by atoms with E-state index in [0.717, 1.165) is 54.0 Å². The Bertz CT molecular complexity index is 1080. The van der Waals surface area contributed by atoms with Crippen molar-refractivity contribution in [3.05, 3.63) is 65.3 Å². The average Bonchev–Trinajstić information content (AvgIpc) is 2.84. The summed E-state index contributed by atoms with van der Waals surface area (Å²) in [6.45, 7) is 0. The molecule has 0 radical (unpaired) electrons. The number of fused-ring (bicyclic) bond motifs is 3. The molecule has 2 aromatic rings. The highest BCUT2D eigenvalue weighted by Crippen LogP contribution is 2.38. The molecule has 2 amide bonds. The molecule has 2 atom stereocenters. The van der Waals surface area contributed by atoms with Gasteiger partial charge >= 0.3 is 0 Å². The Kier molecular flexibility index (Phi) is 6.11. The highest BCUT2D eigenvalue weighted by molar-refractivity contribution is 6.05. The molecular formula is C28H32N2O2. The van der Waals surface area contributed by atoms with Gasteiger partial charge in [0.25, 0.3) is 0 Å². The van der Waals surface area contributed by atoms with Gasteiger partial charge in [-0.05, 0) is 66.5 Å². The zero-order chi connectivity index (χ0) is 21.9. The third-order valence-corrected chi connectivity index (χ3v) is 7.25. The third-order valence-electron chi connectivity index (χ3n) is 7.25. The van der Waals surface area contributed by atoms with E-state index in [1.807, 2.05) is 18.2 Å². The van der Waals surface area contributed by atoms with E-state index in [1.165, 1.54) is 19.3 Å². The van der Waals surface area contributed by atoms with E-state index in [-0.39, 0.29) is 29.8 Å². The van der Waals surface area contributed by atoms with Crippen LogP contribution in [0.15, 0.2) is 54.1 Å². The number of allylic oxidation sites excluding steroid dienone is 1. The second kappa shape index (κ2) is 9.32. The van der Waals surface area contributed by atoms with Gasteiger partial charge in [0.15, 0.2) is 0 Å². The molecule has 2 unspecified atom stereocenters. The molecule has 1 saturated carbocycles. The monoisotopic (exact) mass is 428 g/mol. The largest absolute Gasteiger partial charge is 0.353 e. The first kappa shape index (κ1) is 21.0. The maximum absolute atomic E-state index is 13.4. The van der Waals surface area contributed by atoms with Gasteiger partial charge in [0.05, 0.1) is 5.92 Å². The number of hydrogen-bond acceptors (Lipinski definition) is 2. The Morgan fingerprint density at radius 3 is 2.53 bits per heavy atom. The van der Waals surface area contributed by atoms with E-state index in [2.05, 4.69) is 47.1 Å². The maximum Gasteiger partial charge on any atom is 0.247 e. The van der Waals surface area contributed by atoms with Crippen LogP contribution in [0.1, 0.15) is 74.8 Å². The number of nitrogens with one attached hydrogen (secondary N) is 2. The Morgan fingerprint density at radius 2 is 1.72 bits per heavy atom. The molecular weight excluding hydrogens is 396 g/mol. The highest BCUT2D eigenvalue weighted by Gasteiger charge is 2.32. The second-order valence-corrected chi connectivity index (χ2v) is 9.50. The standard InChI is InChI=1S/C28H32N2O2/c31-27(29-21-10-3-1-4-11-21)20-17-25-23-14-8-7-9-19(23)15-16-24(25)26(18-20)28(32)30-22-12-5-2-6-13-22/h3,7-10,14-17,21-22,26H,1-2,4-6,11-13,18H2,(H,29,31)(H,30,32). The van der Waals surface area contributed by atoms with Gasteiger partial charge in [-0.25, -0.2) is 0 Å². The summed E-state index contributed by atoms with van der Waals surface area (Å²) < 4.78 is 0. The molecule has 0 aliphatic heterocycles. The molecule has 2 aromatic carbocycles. The summed E-state index contributed by atoms with van der Waals surface area (Å²) in [5, 5.41) is 8.72. The fourth-order valence-electron chi connectivity index (χ4n) is 5.48. The molecule has 0 bridgehead atoms. The van der Waals surface area contributed by atoms with Crippen molar-refractivity contribution in [2.75, 3.05) is 0 Å². The summed E-state index contributed by atoms with van der Waals surface area (Å²) in [5.74, 6) is -0.316. The van der Waals surface area contributed by atoms with Crippen LogP contribution in [0, 0.1) is 0 Å². The van der Waals surface area contributed by atoms with Crippen LogP contribution >= 0.6 is 0 Å². The van der Waals surface area contributed by atoms with Crippen molar-refractivity contribution >= 4 is 28.7 Å². The quantitative estimate of drug-likeness (QED) is 0.642. The zero-order valence-corrected chi connectivity index (χ0v) is 18.6. The van der Waals surface area contributed by atoms with Gasteiger partial charge in [-0.1, -0.05) is 67.8 Å². The number of carbonyl (C=O) groups is 2. The van der Waals surface area contributed by atoms with Gasteiger partial charge in [-0.3, -0.25) is 9.59 Å². The van der Waals surface area contributed by atoms with Crippen LogP contribution in [0.4, 0.5) is 0 Å². The van der Waals surface area contributed by atoms with Crippen LogP contribution in [0.2, 0.25) is 0 Å². The Hall–Kier alpha value is -2.88. The lowest BCUT2D eigenvalue weighted by molar-refractivity contribution is -0.123. The molecule has 0 saturated heterocycles. The molecule has 0 aromatic heterocycles. The minimum Gasteiger partial charge on any atom is -0.353 e. The van der Waals surface area contributed by atoms with Gasteiger partial charge in [-0.2, -0.15) is 0 Å². The van der Waals surface area contributed by atoms with Crippen molar-refractivity contribution in [2.45, 2.75) is 75.8 Å². The Labute approximate surface area is 190 Å². The smallest absolute Gasteiger partial charge is 0.247 e. The Balaban J connectivity index is 1.47. The molecule has 0 spiro atoms. The van der Waals surface area contributed by atoms with Gasteiger partial charge in [-0.15, -0.1) is 0 Å². The van der Waals surface area contributed by atoms with E-state index >= 15 is 0 Å². The van der Waals surface area contributed by atoms with Crippen LogP contribution < -0.4 is 10.6 Å². The van der Waals surface area contributed by atoms with E-state index in [0.29, 0.717) is 12.0 Å². The van der Waals surface area contributed by atoms with Crippen molar-refractivity contribution in [1.29, 1.82) is 0 Å². The summed E-state index contributed by atoms with van der Waals surface area (Å²) in [6, 6.07) is 12.7. The first-order valence-electron chi connectivity index (χ1n) is 12.2. The molecule has 1 fully saturated rings. The summed E-state index contributed by atoms with van der Waals surface area (Å²) in [4.78, 5) is 26.7. The number of benzene rings is 2. The van der Waals surface area contributed by atoms with Crippen molar-refractivity contribution in [3.63, 3.8) is 0 Å². The predicted octanol–water partition coefficient (Wildman–Crippen LogP) is 5.38. The highest BCUT2D eigenvalue weighted by atomic mass is 16.2.